The Bertz CT molecular complexity index is 1470. The molecule has 0 radical (unpaired) electrons. The van der Waals surface area contributed by atoms with Crippen molar-refractivity contribution in [2.24, 2.45) is 17.8 Å². The molecule has 9 aliphatic rings. The number of fused-ring (bicyclic) bond motifs is 3. The molecule has 20 atom stereocenters. The maximum absolute atomic E-state index is 9.95. The van der Waals surface area contributed by atoms with E-state index in [1.165, 1.54) is 0 Å². The average Bonchev–Trinajstić information content (AvgIpc) is 3.80. The first-order chi connectivity index (χ1) is 26.7. The summed E-state index contributed by atoms with van der Waals surface area (Å²) in [6, 6.07) is 0.110. The van der Waals surface area contributed by atoms with Crippen LogP contribution in [0.5, 0.6) is 0 Å². The van der Waals surface area contributed by atoms with E-state index in [2.05, 4.69) is 47.5 Å². The van der Waals surface area contributed by atoms with Gasteiger partial charge in [0, 0.05) is 71.6 Å². The number of aliphatic hydroxyl groups is 2. The van der Waals surface area contributed by atoms with Crippen LogP contribution in [0.1, 0.15) is 154 Å². The summed E-state index contributed by atoms with van der Waals surface area (Å²) < 4.78 is 37.3. The van der Waals surface area contributed by atoms with E-state index in [-0.39, 0.29) is 88.2 Å². The summed E-state index contributed by atoms with van der Waals surface area (Å²) in [4.78, 5) is 10.7. The van der Waals surface area contributed by atoms with Crippen LogP contribution < -0.4 is 0 Å². The van der Waals surface area contributed by atoms with Crippen molar-refractivity contribution in [1.82, 2.24) is 0 Å². The molecule has 3 unspecified atom stereocenters. The van der Waals surface area contributed by atoms with Crippen molar-refractivity contribution in [2.75, 3.05) is 0 Å². The first-order valence-corrected chi connectivity index (χ1v) is 21.9. The summed E-state index contributed by atoms with van der Waals surface area (Å²) in [5.74, 6) is 1.84. The molecule has 6 saturated heterocycles. The molecular weight excluding hydrogens is 747 g/mol. The van der Waals surface area contributed by atoms with E-state index < -0.39 is 17.8 Å². The van der Waals surface area contributed by atoms with Crippen LogP contribution in [0.25, 0.3) is 14.5 Å². The molecule has 6 heterocycles. The van der Waals surface area contributed by atoms with Crippen LogP contribution in [0.15, 0.2) is 12.2 Å². The predicted molar refractivity (Wildman–Crippen MR) is 230 cm³/mol. The van der Waals surface area contributed by atoms with Gasteiger partial charge in [0.25, 0.3) is 0 Å². The third kappa shape index (κ3) is 10.1. The lowest BCUT2D eigenvalue weighted by molar-refractivity contribution is -0.178. The Morgan fingerprint density at radius 1 is 0.593 bits per heavy atom. The quantitative estimate of drug-likeness (QED) is 0.202. The van der Waals surface area contributed by atoms with Gasteiger partial charge in [-0.05, 0) is 56.8 Å². The summed E-state index contributed by atoms with van der Waals surface area (Å²) in [5, 5.41) is 19.8. The van der Waals surface area contributed by atoms with Crippen molar-refractivity contribution in [1.29, 1.82) is 0 Å². The number of hydrogen-bond acceptors (Lipinski definition) is 8. The van der Waals surface area contributed by atoms with E-state index >= 15 is 0 Å². The van der Waals surface area contributed by atoms with Crippen LogP contribution in [-0.4, -0.2) is 112 Å². The molecule has 11 heteroatoms. The lowest BCUT2D eigenvalue weighted by atomic mass is 9.70. The average molecular weight is 826 g/mol. The first-order valence-electron chi connectivity index (χ1n) is 21.9. The van der Waals surface area contributed by atoms with Crippen molar-refractivity contribution in [2.45, 2.75) is 256 Å². The molecule has 6 bridgehead atoms. The van der Waals surface area contributed by atoms with E-state index in [0.29, 0.717) is 48.9 Å². The molecule has 6 aliphatic heterocycles. The molecule has 59 heavy (non-hydrogen) atoms. The van der Waals surface area contributed by atoms with Gasteiger partial charge in [-0.2, -0.15) is 0 Å². The fourth-order valence-electron chi connectivity index (χ4n) is 11.7. The molecule has 3 aliphatic carbocycles. The number of hydrogen-bond donors (Lipinski definition) is 2. The van der Waals surface area contributed by atoms with E-state index in [9.17, 15) is 10.2 Å². The van der Waals surface area contributed by atoms with Crippen LogP contribution in [-0.2, 0) is 28.4 Å². The fraction of sp³-hybridized carbons (Fsp3) is 0.896. The van der Waals surface area contributed by atoms with E-state index in [4.69, 9.17) is 48.1 Å². The Morgan fingerprint density at radius 2 is 1.05 bits per heavy atom. The number of rotatable bonds is 6. The molecular formula is C48H79N3O8. The van der Waals surface area contributed by atoms with Gasteiger partial charge in [-0.15, -0.1) is 0 Å². The molecule has 0 aromatic heterocycles. The summed E-state index contributed by atoms with van der Waals surface area (Å²) in [6.45, 7) is 34.0. The maximum atomic E-state index is 9.95. The highest BCUT2D eigenvalue weighted by atomic mass is 16.6. The van der Waals surface area contributed by atoms with Gasteiger partial charge in [0.15, 0.2) is 0 Å². The van der Waals surface area contributed by atoms with E-state index in [1.807, 2.05) is 20.8 Å². The van der Waals surface area contributed by atoms with Crippen LogP contribution in [0.2, 0.25) is 0 Å². The molecule has 3 spiro atoms. The van der Waals surface area contributed by atoms with Gasteiger partial charge in [0.05, 0.1) is 72.2 Å². The van der Waals surface area contributed by atoms with Crippen LogP contribution in [0, 0.1) is 37.5 Å². The minimum Gasteiger partial charge on any atom is -0.390 e. The lowest BCUT2D eigenvalue weighted by Crippen LogP contribution is -2.54. The summed E-state index contributed by atoms with van der Waals surface area (Å²) in [6.07, 6.45) is 17.3. The van der Waals surface area contributed by atoms with Crippen molar-refractivity contribution in [3.63, 3.8) is 0 Å². The standard InChI is InChI=1S/C16H25NO2.C15H21NO2.C14H21NO4.3CH4/c1-10-8-16-9-14(12(10)3)18-15(16)6-5-13(19-16)7-11(2)17-4;1-10-6-7-15-9-13(10)17-14(15)5-4-12(18-15)8-11(2)16-3;1-8(15-2)5-9-3-4-12-14(19-9)6-10(16)13(17)11(7-14)18-12;;;/h10-15H,5-9H2,1-3H3;6-7,10-14H,4-5,8-9H2,1-2H3;8-13,16-17H,3-7H2,1H3;3*1H4/t10-,11-,12?,13-,14-,15+,16+;10?,11-,12-,13-,14+,15+;8-,9-,10-,11-,12+,13?,14+;;;/m111.../s1. The summed E-state index contributed by atoms with van der Waals surface area (Å²) >= 11 is 0. The minimum atomic E-state index is -0.791. The predicted octanol–water partition coefficient (Wildman–Crippen LogP) is 9.19. The lowest BCUT2D eigenvalue weighted by Gasteiger charge is -2.45. The highest BCUT2D eigenvalue weighted by Crippen LogP contribution is 2.54. The topological polar surface area (TPSA) is 109 Å². The summed E-state index contributed by atoms with van der Waals surface area (Å²) in [7, 11) is 0. The van der Waals surface area contributed by atoms with Gasteiger partial charge < -0.3 is 53.2 Å². The first kappa shape index (κ1) is 49.5. The zero-order valence-electron chi connectivity index (χ0n) is 34.6. The number of ether oxygens (including phenoxy) is 6. The number of aliphatic hydroxyl groups excluding tert-OH is 2. The second-order valence-corrected chi connectivity index (χ2v) is 19.3. The zero-order valence-corrected chi connectivity index (χ0v) is 34.6. The van der Waals surface area contributed by atoms with Crippen LogP contribution in [0.4, 0.5) is 0 Å². The smallest absolute Gasteiger partial charge is 0.223 e. The highest BCUT2D eigenvalue weighted by molar-refractivity contribution is 5.20. The third-order valence-electron chi connectivity index (χ3n) is 15.0. The van der Waals surface area contributed by atoms with Gasteiger partial charge in [0.2, 0.25) is 18.1 Å². The molecule has 9 rings (SSSR count). The molecule has 334 valence electrons. The second-order valence-electron chi connectivity index (χ2n) is 19.3. The van der Waals surface area contributed by atoms with Gasteiger partial charge in [-0.3, -0.25) is 0 Å². The Balaban J connectivity index is 0.000000191. The largest absolute Gasteiger partial charge is 0.390 e. The SMILES string of the molecule is C.C.C.[C-]#[N+][C@H](C)C[C@H]1CC[C@@H]2O[C@@H]3C[C@]2(C=CC3C)O1.[C-]#[N+][C@H](C)C[C@H]1CC[C@@H]2O[C@@H]3C[C@]2(C[C@@H](C)C3C)O1.[C-]#[N+][C@H](C)C[C@H]1CC[C@@H]2O[C@@H]3C[C@]2(C[C@@H](O)C3O)O1. The van der Waals surface area contributed by atoms with Gasteiger partial charge in [-0.1, -0.05) is 55.2 Å². The maximum Gasteiger partial charge on any atom is 0.223 e. The second kappa shape index (κ2) is 19.9. The molecule has 8 fully saturated rings. The molecule has 11 nitrogen and oxygen atoms in total. The third-order valence-corrected chi connectivity index (χ3v) is 15.0. The molecule has 0 aromatic carbocycles. The Hall–Kier alpha value is -2.11. The van der Waals surface area contributed by atoms with Crippen molar-refractivity contribution < 1.29 is 38.6 Å². The van der Waals surface area contributed by atoms with Crippen LogP contribution in [0.3, 0.4) is 0 Å². The van der Waals surface area contributed by atoms with Gasteiger partial charge in [0.1, 0.15) is 11.7 Å². The molecule has 2 N–H and O–H groups in total. The minimum absolute atomic E-state index is 0. The fourth-order valence-corrected chi connectivity index (χ4v) is 11.7. The molecule has 0 amide bonds. The Morgan fingerprint density at radius 3 is 1.59 bits per heavy atom. The van der Waals surface area contributed by atoms with Gasteiger partial charge in [-0.25, -0.2) is 19.7 Å². The van der Waals surface area contributed by atoms with Crippen molar-refractivity contribution in [3.8, 4) is 0 Å². The molecule has 0 aromatic rings. The molecule has 2 saturated carbocycles. The van der Waals surface area contributed by atoms with Gasteiger partial charge >= 0.3 is 0 Å². The van der Waals surface area contributed by atoms with Crippen molar-refractivity contribution >= 4 is 0 Å². The Labute approximate surface area is 357 Å². The highest BCUT2D eigenvalue weighted by Gasteiger charge is 2.61. The Kier molecular flexibility index (Phi) is 16.7. The summed E-state index contributed by atoms with van der Waals surface area (Å²) in [5.41, 5.74) is -0.642. The monoisotopic (exact) mass is 826 g/mol. The van der Waals surface area contributed by atoms with E-state index in [0.717, 1.165) is 77.0 Å². The van der Waals surface area contributed by atoms with Crippen molar-refractivity contribution in [3.05, 3.63) is 46.4 Å². The number of nitrogens with zero attached hydrogens (tertiary/aromatic N) is 3. The zero-order chi connectivity index (χ0) is 40.0. The van der Waals surface area contributed by atoms with E-state index in [1.54, 1.807) is 0 Å². The van der Waals surface area contributed by atoms with Crippen LogP contribution >= 0.6 is 0 Å². The normalized spacial score (nSPS) is 46.9.